The number of rotatable bonds is 12. The number of methoxy groups -OCH3 is 1. The van der Waals surface area contributed by atoms with Gasteiger partial charge in [-0.1, -0.05) is 115 Å². The van der Waals surface area contributed by atoms with E-state index < -0.39 is 0 Å². The molecule has 35 heavy (non-hydrogen) atoms. The summed E-state index contributed by atoms with van der Waals surface area (Å²) in [6.45, 7) is 1.13. The lowest BCUT2D eigenvalue weighted by molar-refractivity contribution is 0.0949. The van der Waals surface area contributed by atoms with E-state index in [0.29, 0.717) is 13.2 Å². The Morgan fingerprint density at radius 2 is 1.26 bits per heavy atom. The molecule has 3 heteroatoms. The van der Waals surface area contributed by atoms with Gasteiger partial charge in [-0.05, 0) is 40.8 Å². The number of ether oxygens (including phenoxy) is 2. The first kappa shape index (κ1) is 24.5. The quantitative estimate of drug-likeness (QED) is 0.238. The van der Waals surface area contributed by atoms with E-state index in [-0.39, 0.29) is 12.1 Å². The Hall–Kier alpha value is -3.66. The Labute approximate surface area is 209 Å². The molecule has 0 aromatic heterocycles. The maximum absolute atomic E-state index is 6.20. The van der Waals surface area contributed by atoms with Crippen molar-refractivity contribution in [2.45, 2.75) is 25.1 Å². The van der Waals surface area contributed by atoms with E-state index in [1.165, 1.54) is 16.7 Å². The van der Waals surface area contributed by atoms with Gasteiger partial charge in [-0.3, -0.25) is 0 Å². The van der Waals surface area contributed by atoms with Crippen LogP contribution in [0.3, 0.4) is 0 Å². The van der Waals surface area contributed by atoms with Crippen molar-refractivity contribution in [1.29, 1.82) is 0 Å². The van der Waals surface area contributed by atoms with Gasteiger partial charge in [0.25, 0.3) is 0 Å². The van der Waals surface area contributed by atoms with Crippen molar-refractivity contribution >= 4 is 6.08 Å². The van der Waals surface area contributed by atoms with Crippen molar-refractivity contribution in [2.75, 3.05) is 13.7 Å². The Bertz CT molecular complexity index is 1140. The lowest BCUT2D eigenvalue weighted by atomic mass is 9.99. The Morgan fingerprint density at radius 3 is 1.86 bits per heavy atom. The highest BCUT2D eigenvalue weighted by molar-refractivity contribution is 5.48. The molecule has 0 bridgehead atoms. The van der Waals surface area contributed by atoms with E-state index in [2.05, 4.69) is 102 Å². The van der Waals surface area contributed by atoms with Crippen molar-refractivity contribution < 1.29 is 9.47 Å². The Morgan fingerprint density at radius 1 is 0.686 bits per heavy atom. The molecule has 0 aliphatic carbocycles. The minimum atomic E-state index is 0.0600. The van der Waals surface area contributed by atoms with Crippen LogP contribution in [0, 0.1) is 0 Å². The molecule has 0 fully saturated rings. The van der Waals surface area contributed by atoms with E-state index in [0.717, 1.165) is 17.7 Å². The molecule has 0 aliphatic heterocycles. The van der Waals surface area contributed by atoms with Crippen molar-refractivity contribution in [3.63, 3.8) is 0 Å². The maximum atomic E-state index is 6.20. The zero-order valence-electron chi connectivity index (χ0n) is 20.2. The second-order valence-corrected chi connectivity index (χ2v) is 8.51. The standard InChI is InChI=1S/C32H33NO2/c1-34-30-22-20-27(21-23-30)24-35-25-32(29-17-9-4-10-18-29)33-31(28-15-7-3-8-16-28)19-11-14-26-12-5-2-6-13-26/h2-18,20-23,31-33H,19,24-25H2,1H3/b14-11+/t31-,32+/m1/s1. The highest BCUT2D eigenvalue weighted by Crippen LogP contribution is 2.24. The van der Waals surface area contributed by atoms with Crippen molar-refractivity contribution in [2.24, 2.45) is 0 Å². The summed E-state index contributed by atoms with van der Waals surface area (Å²) in [4.78, 5) is 0. The second kappa shape index (κ2) is 13.3. The molecule has 2 atom stereocenters. The van der Waals surface area contributed by atoms with Gasteiger partial charge in [0, 0.05) is 6.04 Å². The monoisotopic (exact) mass is 463 g/mol. The molecule has 0 amide bonds. The van der Waals surface area contributed by atoms with Crippen LogP contribution in [0.25, 0.3) is 6.08 Å². The van der Waals surface area contributed by atoms with Gasteiger partial charge in [-0.25, -0.2) is 0 Å². The van der Waals surface area contributed by atoms with E-state index in [9.17, 15) is 0 Å². The molecule has 0 spiro atoms. The molecule has 0 saturated carbocycles. The third-order valence-corrected chi connectivity index (χ3v) is 6.00. The zero-order valence-corrected chi connectivity index (χ0v) is 20.2. The molecule has 4 aromatic rings. The highest BCUT2D eigenvalue weighted by atomic mass is 16.5. The van der Waals surface area contributed by atoms with Crippen LogP contribution in [0.4, 0.5) is 0 Å². The van der Waals surface area contributed by atoms with Crippen molar-refractivity contribution in [3.05, 3.63) is 144 Å². The average molecular weight is 464 g/mol. The molecule has 4 rings (SSSR count). The van der Waals surface area contributed by atoms with Crippen LogP contribution in [-0.2, 0) is 11.3 Å². The van der Waals surface area contributed by atoms with Gasteiger partial charge in [0.2, 0.25) is 0 Å². The molecule has 178 valence electrons. The van der Waals surface area contributed by atoms with Crippen LogP contribution >= 0.6 is 0 Å². The van der Waals surface area contributed by atoms with Gasteiger partial charge in [0.1, 0.15) is 5.75 Å². The van der Waals surface area contributed by atoms with Crippen LogP contribution in [-0.4, -0.2) is 13.7 Å². The summed E-state index contributed by atoms with van der Waals surface area (Å²) in [5.74, 6) is 0.854. The van der Waals surface area contributed by atoms with Crippen LogP contribution in [0.1, 0.15) is 40.8 Å². The third kappa shape index (κ3) is 7.68. The number of hydrogen-bond acceptors (Lipinski definition) is 3. The Balaban J connectivity index is 1.47. The molecule has 0 aliphatic rings. The summed E-state index contributed by atoms with van der Waals surface area (Å²) in [7, 11) is 1.68. The lowest BCUT2D eigenvalue weighted by Crippen LogP contribution is -2.29. The first-order valence-electron chi connectivity index (χ1n) is 12.1. The van der Waals surface area contributed by atoms with E-state index >= 15 is 0 Å². The van der Waals surface area contributed by atoms with Gasteiger partial charge in [-0.2, -0.15) is 0 Å². The molecule has 1 N–H and O–H groups in total. The zero-order chi connectivity index (χ0) is 24.1. The SMILES string of the molecule is COc1ccc(COC[C@H](N[C@H](C/C=C/c2ccccc2)c2ccccc2)c2ccccc2)cc1. The summed E-state index contributed by atoms with van der Waals surface area (Å²) in [5.41, 5.74) is 4.82. The first-order chi connectivity index (χ1) is 17.3. The summed E-state index contributed by atoms with van der Waals surface area (Å²) in [5, 5.41) is 3.88. The summed E-state index contributed by atoms with van der Waals surface area (Å²) in [6, 6.07) is 39.9. The van der Waals surface area contributed by atoms with Crippen molar-refractivity contribution in [3.8, 4) is 5.75 Å². The molecule has 4 aromatic carbocycles. The Kier molecular flexibility index (Phi) is 9.29. The van der Waals surface area contributed by atoms with Crippen LogP contribution in [0.5, 0.6) is 5.75 Å². The van der Waals surface area contributed by atoms with Gasteiger partial charge < -0.3 is 14.8 Å². The fraction of sp³-hybridized carbons (Fsp3) is 0.188. The maximum Gasteiger partial charge on any atom is 0.118 e. The molecule has 0 radical (unpaired) electrons. The van der Waals surface area contributed by atoms with Gasteiger partial charge in [0.05, 0.1) is 26.4 Å². The lowest BCUT2D eigenvalue weighted by Gasteiger charge is -2.26. The van der Waals surface area contributed by atoms with Gasteiger partial charge >= 0.3 is 0 Å². The van der Waals surface area contributed by atoms with E-state index in [1.54, 1.807) is 7.11 Å². The molecule has 0 saturated heterocycles. The number of nitrogens with one attached hydrogen (secondary N) is 1. The predicted molar refractivity (Wildman–Crippen MR) is 144 cm³/mol. The number of hydrogen-bond donors (Lipinski definition) is 1. The molecule has 0 unspecified atom stereocenters. The normalized spacial score (nSPS) is 12.9. The number of benzene rings is 4. The topological polar surface area (TPSA) is 30.5 Å². The minimum Gasteiger partial charge on any atom is -0.497 e. The summed E-state index contributed by atoms with van der Waals surface area (Å²) < 4.78 is 11.5. The average Bonchev–Trinajstić information content (AvgIpc) is 2.93. The van der Waals surface area contributed by atoms with Crippen LogP contribution in [0.15, 0.2) is 121 Å². The van der Waals surface area contributed by atoms with Crippen LogP contribution in [0.2, 0.25) is 0 Å². The van der Waals surface area contributed by atoms with Crippen LogP contribution < -0.4 is 10.1 Å². The summed E-state index contributed by atoms with van der Waals surface area (Å²) in [6.07, 6.45) is 5.32. The second-order valence-electron chi connectivity index (χ2n) is 8.51. The predicted octanol–water partition coefficient (Wildman–Crippen LogP) is 7.39. The first-order valence-corrected chi connectivity index (χ1v) is 12.1. The van der Waals surface area contributed by atoms with Crippen molar-refractivity contribution in [1.82, 2.24) is 5.32 Å². The molecule has 0 heterocycles. The van der Waals surface area contributed by atoms with E-state index in [1.807, 2.05) is 30.3 Å². The fourth-order valence-corrected chi connectivity index (χ4v) is 4.08. The molecular weight excluding hydrogens is 430 g/mol. The van der Waals surface area contributed by atoms with Gasteiger partial charge in [0.15, 0.2) is 0 Å². The summed E-state index contributed by atoms with van der Waals surface area (Å²) >= 11 is 0. The minimum absolute atomic E-state index is 0.0600. The van der Waals surface area contributed by atoms with Gasteiger partial charge in [-0.15, -0.1) is 0 Å². The molecular formula is C32H33NO2. The largest absolute Gasteiger partial charge is 0.497 e. The fourth-order valence-electron chi connectivity index (χ4n) is 4.08. The highest BCUT2D eigenvalue weighted by Gasteiger charge is 2.18. The molecule has 3 nitrogen and oxygen atoms in total. The smallest absolute Gasteiger partial charge is 0.118 e. The van der Waals surface area contributed by atoms with E-state index in [4.69, 9.17) is 9.47 Å². The third-order valence-electron chi connectivity index (χ3n) is 6.00.